The molecule has 2 rings (SSSR count). The molecule has 0 heterocycles. The first-order chi connectivity index (χ1) is 12.4. The molecule has 1 aliphatic carbocycles. The molecule has 0 radical (unpaired) electrons. The molecule has 1 aliphatic rings. The lowest BCUT2D eigenvalue weighted by Gasteiger charge is -2.36. The molecule has 0 saturated heterocycles. The topological polar surface area (TPSA) is 64.8 Å². The number of nitrogens with two attached hydrogens (primary N) is 1. The summed E-state index contributed by atoms with van der Waals surface area (Å²) in [7, 11) is 3.10. The highest BCUT2D eigenvalue weighted by Gasteiger charge is 2.33. The van der Waals surface area contributed by atoms with Crippen molar-refractivity contribution in [2.24, 2.45) is 11.1 Å². The van der Waals surface area contributed by atoms with E-state index >= 15 is 0 Å². The van der Waals surface area contributed by atoms with Gasteiger partial charge >= 0.3 is 6.61 Å². The Balaban J connectivity index is 0.00000364. The van der Waals surface area contributed by atoms with Gasteiger partial charge in [-0.2, -0.15) is 8.78 Å². The van der Waals surface area contributed by atoms with Crippen molar-refractivity contribution in [1.82, 2.24) is 4.90 Å². The minimum atomic E-state index is -2.94. The Morgan fingerprint density at radius 1 is 1.26 bits per heavy atom. The molecule has 1 aromatic carbocycles. The van der Waals surface area contributed by atoms with Crippen LogP contribution < -0.4 is 15.2 Å². The Labute approximate surface area is 165 Å². The van der Waals surface area contributed by atoms with Crippen molar-refractivity contribution in [2.75, 3.05) is 20.7 Å². The summed E-state index contributed by atoms with van der Waals surface area (Å²) in [6, 6.07) is 4.78. The number of hydrogen-bond donors (Lipinski definition) is 1. The van der Waals surface area contributed by atoms with Crippen molar-refractivity contribution in [2.45, 2.75) is 51.7 Å². The second-order valence-electron chi connectivity index (χ2n) is 7.06. The maximum absolute atomic E-state index is 12.7. The zero-order valence-electron chi connectivity index (χ0n) is 15.9. The van der Waals surface area contributed by atoms with E-state index in [0.29, 0.717) is 25.1 Å². The molecule has 1 saturated carbocycles. The number of hydrogen-bond acceptors (Lipinski definition) is 4. The Hall–Kier alpha value is -1.60. The SMILES string of the molecule is COc1ccc(CN(C)C(=O)CC2(CN)CCCCC2)cc1OC(F)F.Cl. The fourth-order valence-corrected chi connectivity index (χ4v) is 3.58. The molecular formula is C19H29ClF2N2O3. The van der Waals surface area contributed by atoms with Gasteiger partial charge in [-0.3, -0.25) is 4.79 Å². The summed E-state index contributed by atoms with van der Waals surface area (Å²) in [5.41, 5.74) is 6.56. The number of halogens is 3. The minimum Gasteiger partial charge on any atom is -0.493 e. The first kappa shape index (κ1) is 23.4. The summed E-state index contributed by atoms with van der Waals surface area (Å²) in [5, 5.41) is 0. The lowest BCUT2D eigenvalue weighted by molar-refractivity contribution is -0.133. The highest BCUT2D eigenvalue weighted by atomic mass is 35.5. The first-order valence-corrected chi connectivity index (χ1v) is 8.95. The molecule has 1 aromatic rings. The van der Waals surface area contributed by atoms with E-state index in [4.69, 9.17) is 10.5 Å². The summed E-state index contributed by atoms with van der Waals surface area (Å²) < 4.78 is 34.6. The van der Waals surface area contributed by atoms with Crippen LogP contribution in [0.1, 0.15) is 44.1 Å². The van der Waals surface area contributed by atoms with Crippen molar-refractivity contribution in [3.8, 4) is 11.5 Å². The number of rotatable bonds is 8. The summed E-state index contributed by atoms with van der Waals surface area (Å²) in [5.74, 6) is 0.211. The van der Waals surface area contributed by atoms with Gasteiger partial charge in [-0.25, -0.2) is 0 Å². The molecule has 0 aromatic heterocycles. The van der Waals surface area contributed by atoms with E-state index in [1.807, 2.05) is 0 Å². The van der Waals surface area contributed by atoms with Crippen LogP contribution in [0.15, 0.2) is 18.2 Å². The van der Waals surface area contributed by atoms with Crippen LogP contribution in [0.3, 0.4) is 0 Å². The van der Waals surface area contributed by atoms with E-state index in [1.165, 1.54) is 19.6 Å². The van der Waals surface area contributed by atoms with Crippen LogP contribution in [0.5, 0.6) is 11.5 Å². The van der Waals surface area contributed by atoms with Crippen molar-refractivity contribution in [1.29, 1.82) is 0 Å². The van der Waals surface area contributed by atoms with Crippen LogP contribution in [-0.2, 0) is 11.3 Å². The highest BCUT2D eigenvalue weighted by molar-refractivity contribution is 5.85. The smallest absolute Gasteiger partial charge is 0.387 e. The summed E-state index contributed by atoms with van der Waals surface area (Å²) >= 11 is 0. The average Bonchev–Trinajstić information content (AvgIpc) is 2.62. The monoisotopic (exact) mass is 406 g/mol. The third-order valence-electron chi connectivity index (χ3n) is 5.16. The third-order valence-corrected chi connectivity index (χ3v) is 5.16. The highest BCUT2D eigenvalue weighted by Crippen LogP contribution is 2.39. The van der Waals surface area contributed by atoms with Crippen LogP contribution in [0.2, 0.25) is 0 Å². The minimum absolute atomic E-state index is 0. The molecule has 8 heteroatoms. The molecule has 27 heavy (non-hydrogen) atoms. The number of amides is 1. The molecule has 2 N–H and O–H groups in total. The van der Waals surface area contributed by atoms with Gasteiger partial charge in [-0.15, -0.1) is 12.4 Å². The Morgan fingerprint density at radius 3 is 2.48 bits per heavy atom. The van der Waals surface area contributed by atoms with E-state index in [2.05, 4.69) is 4.74 Å². The number of ether oxygens (including phenoxy) is 2. The van der Waals surface area contributed by atoms with Gasteiger partial charge in [0.1, 0.15) is 0 Å². The maximum atomic E-state index is 12.7. The van der Waals surface area contributed by atoms with Crippen LogP contribution in [-0.4, -0.2) is 38.1 Å². The van der Waals surface area contributed by atoms with Crippen molar-refractivity contribution >= 4 is 18.3 Å². The van der Waals surface area contributed by atoms with Gasteiger partial charge in [0.2, 0.25) is 5.91 Å². The molecule has 0 unspecified atom stereocenters. The fourth-order valence-electron chi connectivity index (χ4n) is 3.58. The standard InChI is InChI=1S/C19H28F2N2O3.ClH/c1-23(17(24)11-19(13-22)8-4-3-5-9-19)12-14-6-7-15(25-2)16(10-14)26-18(20)21;/h6-7,10,18H,3-5,8-9,11-13,22H2,1-2H3;1H. The van der Waals surface area contributed by atoms with Gasteiger partial charge in [-0.1, -0.05) is 25.3 Å². The predicted molar refractivity (Wildman–Crippen MR) is 103 cm³/mol. The lowest BCUT2D eigenvalue weighted by atomic mass is 9.71. The summed E-state index contributed by atoms with van der Waals surface area (Å²) in [4.78, 5) is 14.3. The first-order valence-electron chi connectivity index (χ1n) is 8.95. The van der Waals surface area contributed by atoms with Gasteiger partial charge in [0.25, 0.3) is 0 Å². The molecule has 1 fully saturated rings. The number of alkyl halides is 2. The van der Waals surface area contributed by atoms with E-state index < -0.39 is 6.61 Å². The number of benzene rings is 1. The van der Waals surface area contributed by atoms with Gasteiger partial charge in [0.05, 0.1) is 7.11 Å². The fraction of sp³-hybridized carbons (Fsp3) is 0.632. The third kappa shape index (κ3) is 6.50. The summed E-state index contributed by atoms with van der Waals surface area (Å²) in [6.07, 6.45) is 5.82. The second-order valence-corrected chi connectivity index (χ2v) is 7.06. The Morgan fingerprint density at radius 2 is 1.93 bits per heavy atom. The molecular weight excluding hydrogens is 378 g/mol. The zero-order chi connectivity index (χ0) is 19.2. The van der Waals surface area contributed by atoms with Gasteiger partial charge < -0.3 is 20.1 Å². The molecule has 0 spiro atoms. The summed E-state index contributed by atoms with van der Waals surface area (Å²) in [6.45, 7) is -2.11. The van der Waals surface area contributed by atoms with E-state index in [-0.39, 0.29) is 35.2 Å². The van der Waals surface area contributed by atoms with Crippen molar-refractivity contribution in [3.63, 3.8) is 0 Å². The molecule has 0 atom stereocenters. The largest absolute Gasteiger partial charge is 0.493 e. The van der Waals surface area contributed by atoms with Crippen molar-refractivity contribution < 1.29 is 23.0 Å². The maximum Gasteiger partial charge on any atom is 0.387 e. The van der Waals surface area contributed by atoms with E-state index in [9.17, 15) is 13.6 Å². The Kier molecular flexibility index (Phi) is 9.26. The molecule has 154 valence electrons. The molecule has 1 amide bonds. The van der Waals surface area contributed by atoms with Gasteiger partial charge in [-0.05, 0) is 42.5 Å². The van der Waals surface area contributed by atoms with Crippen LogP contribution in [0.4, 0.5) is 8.78 Å². The Bertz CT molecular complexity index is 611. The van der Waals surface area contributed by atoms with Crippen molar-refractivity contribution in [3.05, 3.63) is 23.8 Å². The van der Waals surface area contributed by atoms with Crippen LogP contribution in [0, 0.1) is 5.41 Å². The van der Waals surface area contributed by atoms with Crippen LogP contribution >= 0.6 is 12.4 Å². The molecule has 5 nitrogen and oxygen atoms in total. The zero-order valence-corrected chi connectivity index (χ0v) is 16.7. The van der Waals surface area contributed by atoms with Gasteiger partial charge in [0, 0.05) is 20.0 Å². The normalized spacial score (nSPS) is 15.8. The second kappa shape index (κ2) is 10.7. The molecule has 0 bridgehead atoms. The van der Waals surface area contributed by atoms with E-state index in [0.717, 1.165) is 25.7 Å². The average molecular weight is 407 g/mol. The van der Waals surface area contributed by atoms with E-state index in [1.54, 1.807) is 24.1 Å². The van der Waals surface area contributed by atoms with Gasteiger partial charge in [0.15, 0.2) is 11.5 Å². The predicted octanol–water partition coefficient (Wildman–Crippen LogP) is 3.98. The number of carbonyl (C=O) groups is 1. The number of carbonyl (C=O) groups excluding carboxylic acids is 1. The lowest BCUT2D eigenvalue weighted by Crippen LogP contribution is -2.39. The number of methoxy groups -OCH3 is 1. The van der Waals surface area contributed by atoms with Crippen LogP contribution in [0.25, 0.3) is 0 Å². The molecule has 0 aliphatic heterocycles. The number of nitrogens with zero attached hydrogens (tertiary/aromatic N) is 1. The quantitative estimate of drug-likeness (QED) is 0.709.